The van der Waals surface area contributed by atoms with Crippen molar-refractivity contribution in [2.45, 2.75) is 19.1 Å². The van der Waals surface area contributed by atoms with Crippen molar-refractivity contribution in [3.63, 3.8) is 0 Å². The van der Waals surface area contributed by atoms with Crippen molar-refractivity contribution in [3.8, 4) is 0 Å². The summed E-state index contributed by atoms with van der Waals surface area (Å²) < 4.78 is 13.7. The second-order valence-electron chi connectivity index (χ2n) is 5.11. The van der Waals surface area contributed by atoms with Crippen molar-refractivity contribution in [3.05, 3.63) is 56.4 Å². The number of aliphatic hydroxyl groups excluding tert-OH is 1. The largest absolute Gasteiger partial charge is 0.387 e. The molecule has 0 aliphatic rings. The van der Waals surface area contributed by atoms with Crippen LogP contribution in [0.15, 0.2) is 40.2 Å². The number of hydrogen-bond donors (Lipinski definition) is 3. The van der Waals surface area contributed by atoms with Gasteiger partial charge in [-0.1, -0.05) is 12.1 Å². The van der Waals surface area contributed by atoms with E-state index in [1.165, 1.54) is 35.6 Å². The van der Waals surface area contributed by atoms with Crippen LogP contribution < -0.4 is 10.6 Å². The van der Waals surface area contributed by atoms with Gasteiger partial charge in [-0.3, -0.25) is 9.59 Å². The van der Waals surface area contributed by atoms with E-state index in [9.17, 15) is 19.1 Å². The zero-order valence-electron chi connectivity index (χ0n) is 12.8. The fraction of sp³-hybridized carbons (Fsp3) is 0.250. The Hall–Kier alpha value is -1.77. The number of benzene rings is 1. The molecule has 0 radical (unpaired) electrons. The number of carbonyl (C=O) groups is 2. The molecular weight excluding hydrogens is 399 g/mol. The predicted octanol–water partition coefficient (Wildman–Crippen LogP) is 2.62. The first-order valence-electron chi connectivity index (χ1n) is 7.14. The first kappa shape index (κ1) is 18.6. The molecule has 0 bridgehead atoms. The summed E-state index contributed by atoms with van der Waals surface area (Å²) >= 11 is 4.54. The van der Waals surface area contributed by atoms with E-state index in [4.69, 9.17) is 0 Å². The van der Waals surface area contributed by atoms with Gasteiger partial charge in [-0.15, -0.1) is 11.3 Å². The smallest absolute Gasteiger partial charge is 0.262 e. The molecule has 1 aromatic heterocycles. The lowest BCUT2D eigenvalue weighted by atomic mass is 10.1. The van der Waals surface area contributed by atoms with Crippen molar-refractivity contribution >= 4 is 39.1 Å². The number of thiophene rings is 1. The summed E-state index contributed by atoms with van der Waals surface area (Å²) in [5.41, 5.74) is 0.497. The van der Waals surface area contributed by atoms with Gasteiger partial charge in [0.05, 0.1) is 14.8 Å². The van der Waals surface area contributed by atoms with Crippen molar-refractivity contribution in [2.75, 3.05) is 6.54 Å². The summed E-state index contributed by atoms with van der Waals surface area (Å²) in [6.45, 7) is 1.52. The maximum absolute atomic E-state index is 12.8. The molecule has 0 aliphatic heterocycles. The van der Waals surface area contributed by atoms with Gasteiger partial charge in [0, 0.05) is 6.54 Å². The van der Waals surface area contributed by atoms with Crippen LogP contribution in [-0.2, 0) is 4.79 Å². The van der Waals surface area contributed by atoms with Gasteiger partial charge in [0.2, 0.25) is 5.91 Å². The molecule has 0 saturated carbocycles. The molecule has 2 aromatic rings. The average molecular weight is 415 g/mol. The van der Waals surface area contributed by atoms with E-state index in [0.717, 1.165) is 3.79 Å². The van der Waals surface area contributed by atoms with Crippen LogP contribution in [0.5, 0.6) is 0 Å². The number of amides is 2. The van der Waals surface area contributed by atoms with E-state index in [1.807, 2.05) is 0 Å². The molecule has 1 aromatic carbocycles. The van der Waals surface area contributed by atoms with Crippen molar-refractivity contribution in [1.82, 2.24) is 10.6 Å². The van der Waals surface area contributed by atoms with E-state index < -0.39 is 23.9 Å². The molecule has 1 heterocycles. The summed E-state index contributed by atoms with van der Waals surface area (Å²) in [6, 6.07) is 8.04. The molecule has 0 spiro atoms. The lowest BCUT2D eigenvalue weighted by Gasteiger charge is -2.16. The number of halogens is 2. The Morgan fingerprint density at radius 3 is 2.50 bits per heavy atom. The zero-order chi connectivity index (χ0) is 17.7. The Morgan fingerprint density at radius 1 is 1.25 bits per heavy atom. The molecule has 3 N–H and O–H groups in total. The highest BCUT2D eigenvalue weighted by Gasteiger charge is 2.18. The van der Waals surface area contributed by atoms with Crippen LogP contribution in [0.25, 0.3) is 0 Å². The normalized spacial score (nSPS) is 13.2. The van der Waals surface area contributed by atoms with Crippen LogP contribution in [0.4, 0.5) is 4.39 Å². The third-order valence-corrected chi connectivity index (χ3v) is 4.88. The predicted molar refractivity (Wildman–Crippen MR) is 93.3 cm³/mol. The number of rotatable bonds is 6. The van der Waals surface area contributed by atoms with Crippen molar-refractivity contribution < 1.29 is 19.1 Å². The SMILES string of the molecule is CC(NC(=O)c1ccc(Br)s1)C(=O)NCC(O)c1ccc(F)cc1. The molecule has 2 amide bonds. The second-order valence-corrected chi connectivity index (χ2v) is 7.57. The van der Waals surface area contributed by atoms with E-state index in [0.29, 0.717) is 10.4 Å². The average Bonchev–Trinajstić information content (AvgIpc) is 2.99. The highest BCUT2D eigenvalue weighted by atomic mass is 79.9. The standard InChI is InChI=1S/C16H16BrFN2O3S/c1-9(20-16(23)13-6-7-14(17)24-13)15(22)19-8-12(21)10-2-4-11(18)5-3-10/h2-7,9,12,21H,8H2,1H3,(H,19,22)(H,20,23). The maximum atomic E-state index is 12.8. The topological polar surface area (TPSA) is 78.4 Å². The summed E-state index contributed by atoms with van der Waals surface area (Å²) in [5.74, 6) is -1.15. The van der Waals surface area contributed by atoms with Gasteiger partial charge in [-0.05, 0) is 52.7 Å². The Kier molecular flexibility index (Phi) is 6.47. The fourth-order valence-corrected chi connectivity index (χ4v) is 3.21. The van der Waals surface area contributed by atoms with Gasteiger partial charge in [-0.25, -0.2) is 4.39 Å². The first-order chi connectivity index (χ1) is 11.4. The summed E-state index contributed by atoms with van der Waals surface area (Å²) in [5, 5.41) is 15.1. The lowest BCUT2D eigenvalue weighted by Crippen LogP contribution is -2.45. The van der Waals surface area contributed by atoms with Gasteiger partial charge in [0.25, 0.3) is 5.91 Å². The van der Waals surface area contributed by atoms with E-state index in [-0.39, 0.29) is 12.5 Å². The third-order valence-electron chi connectivity index (χ3n) is 3.26. The van der Waals surface area contributed by atoms with E-state index >= 15 is 0 Å². The molecule has 0 aliphatic carbocycles. The number of hydrogen-bond acceptors (Lipinski definition) is 4. The minimum Gasteiger partial charge on any atom is -0.387 e. The van der Waals surface area contributed by atoms with Crippen LogP contribution in [0.1, 0.15) is 28.3 Å². The molecule has 0 saturated heterocycles. The zero-order valence-corrected chi connectivity index (χ0v) is 15.2. The van der Waals surface area contributed by atoms with Crippen LogP contribution in [0.3, 0.4) is 0 Å². The fourth-order valence-electron chi connectivity index (χ4n) is 1.92. The van der Waals surface area contributed by atoms with Crippen LogP contribution in [-0.4, -0.2) is 29.5 Å². The Bertz CT molecular complexity index is 720. The van der Waals surface area contributed by atoms with Crippen molar-refractivity contribution in [2.24, 2.45) is 0 Å². The molecule has 128 valence electrons. The molecule has 24 heavy (non-hydrogen) atoms. The van der Waals surface area contributed by atoms with Gasteiger partial charge in [0.15, 0.2) is 0 Å². The molecule has 2 rings (SSSR count). The van der Waals surface area contributed by atoms with Crippen molar-refractivity contribution in [1.29, 1.82) is 0 Å². The third kappa shape index (κ3) is 5.12. The van der Waals surface area contributed by atoms with Gasteiger partial charge in [0.1, 0.15) is 11.9 Å². The Balaban J connectivity index is 1.83. The van der Waals surface area contributed by atoms with E-state index in [2.05, 4.69) is 26.6 Å². The van der Waals surface area contributed by atoms with Gasteiger partial charge >= 0.3 is 0 Å². The Labute approximate surface area is 151 Å². The minimum absolute atomic E-state index is 0.0325. The molecule has 2 unspecified atom stereocenters. The summed E-state index contributed by atoms with van der Waals surface area (Å²) in [7, 11) is 0. The highest BCUT2D eigenvalue weighted by Crippen LogP contribution is 2.21. The van der Waals surface area contributed by atoms with E-state index in [1.54, 1.807) is 19.1 Å². The quantitative estimate of drug-likeness (QED) is 0.679. The first-order valence-corrected chi connectivity index (χ1v) is 8.75. The van der Waals surface area contributed by atoms with Gasteiger partial charge < -0.3 is 15.7 Å². The monoisotopic (exact) mass is 414 g/mol. The van der Waals surface area contributed by atoms with Gasteiger partial charge in [-0.2, -0.15) is 0 Å². The Morgan fingerprint density at radius 2 is 1.92 bits per heavy atom. The second kappa shape index (κ2) is 8.36. The van der Waals surface area contributed by atoms with Crippen LogP contribution in [0, 0.1) is 5.82 Å². The molecule has 8 heteroatoms. The van der Waals surface area contributed by atoms with Crippen LogP contribution in [0.2, 0.25) is 0 Å². The lowest BCUT2D eigenvalue weighted by molar-refractivity contribution is -0.123. The number of carbonyl (C=O) groups excluding carboxylic acids is 2. The molecule has 5 nitrogen and oxygen atoms in total. The minimum atomic E-state index is -0.953. The summed E-state index contributed by atoms with van der Waals surface area (Å²) in [4.78, 5) is 24.5. The van der Waals surface area contributed by atoms with Crippen LogP contribution >= 0.6 is 27.3 Å². The summed E-state index contributed by atoms with van der Waals surface area (Å²) in [6.07, 6.45) is -0.953. The number of nitrogens with one attached hydrogen (secondary N) is 2. The maximum Gasteiger partial charge on any atom is 0.262 e. The molecular formula is C16H16BrFN2O3S. The highest BCUT2D eigenvalue weighted by molar-refractivity contribution is 9.11. The number of aliphatic hydroxyl groups is 1. The molecule has 2 atom stereocenters. The molecule has 0 fully saturated rings.